The van der Waals surface area contributed by atoms with E-state index in [9.17, 15) is 9.18 Å². The van der Waals surface area contributed by atoms with Crippen molar-refractivity contribution in [2.24, 2.45) is 0 Å². The van der Waals surface area contributed by atoms with E-state index in [-0.39, 0.29) is 16.3 Å². The van der Waals surface area contributed by atoms with Crippen LogP contribution in [0.2, 0.25) is 5.02 Å². The quantitative estimate of drug-likeness (QED) is 0.940. The van der Waals surface area contributed by atoms with Crippen molar-refractivity contribution in [3.63, 3.8) is 0 Å². The van der Waals surface area contributed by atoms with Gasteiger partial charge in [-0.1, -0.05) is 11.6 Å². The van der Waals surface area contributed by atoms with Gasteiger partial charge in [0.2, 0.25) is 0 Å². The predicted octanol–water partition coefficient (Wildman–Crippen LogP) is 3.14. The predicted molar refractivity (Wildman–Crippen MR) is 70.2 cm³/mol. The standard InChI is InChI=1S/C13H10ClFN2O2/c1-19-12-3-2-8(6-11(12)15)17-13(18)9-7-16-5-4-10(9)14/h2-7H,1H3,(H,17,18). The van der Waals surface area contributed by atoms with Gasteiger partial charge in [-0.3, -0.25) is 9.78 Å². The van der Waals surface area contributed by atoms with Crippen molar-refractivity contribution in [1.82, 2.24) is 4.98 Å². The second kappa shape index (κ2) is 5.67. The lowest BCUT2D eigenvalue weighted by molar-refractivity contribution is 0.102. The molecule has 0 aliphatic heterocycles. The summed E-state index contributed by atoms with van der Waals surface area (Å²) < 4.78 is 18.3. The zero-order valence-electron chi connectivity index (χ0n) is 9.98. The molecule has 1 heterocycles. The molecule has 0 atom stereocenters. The molecule has 0 saturated heterocycles. The summed E-state index contributed by atoms with van der Waals surface area (Å²) in [4.78, 5) is 15.7. The van der Waals surface area contributed by atoms with Gasteiger partial charge >= 0.3 is 0 Å². The Labute approximate surface area is 114 Å². The number of carbonyl (C=O) groups excluding carboxylic acids is 1. The van der Waals surface area contributed by atoms with E-state index in [0.29, 0.717) is 5.69 Å². The van der Waals surface area contributed by atoms with Crippen LogP contribution in [0.3, 0.4) is 0 Å². The van der Waals surface area contributed by atoms with Crippen molar-refractivity contribution in [3.05, 3.63) is 53.1 Å². The molecule has 2 rings (SSSR count). The summed E-state index contributed by atoms with van der Waals surface area (Å²) in [5, 5.41) is 2.81. The molecule has 6 heteroatoms. The minimum absolute atomic E-state index is 0.109. The molecule has 4 nitrogen and oxygen atoms in total. The van der Waals surface area contributed by atoms with Gasteiger partial charge in [0.25, 0.3) is 5.91 Å². The average molecular weight is 281 g/mol. The Morgan fingerprint density at radius 3 is 2.84 bits per heavy atom. The van der Waals surface area contributed by atoms with Crippen molar-refractivity contribution in [2.75, 3.05) is 12.4 Å². The number of benzene rings is 1. The molecule has 98 valence electrons. The molecule has 1 N–H and O–H groups in total. The number of methoxy groups -OCH3 is 1. The van der Waals surface area contributed by atoms with Gasteiger partial charge in [0.15, 0.2) is 11.6 Å². The topological polar surface area (TPSA) is 51.2 Å². The van der Waals surface area contributed by atoms with Crippen LogP contribution in [-0.2, 0) is 0 Å². The maximum atomic E-state index is 13.5. The van der Waals surface area contributed by atoms with Gasteiger partial charge in [0, 0.05) is 24.1 Å². The number of amides is 1. The molecule has 1 aromatic carbocycles. The van der Waals surface area contributed by atoms with Crippen LogP contribution in [0.1, 0.15) is 10.4 Å². The molecule has 1 aromatic heterocycles. The molecule has 2 aromatic rings. The molecular formula is C13H10ClFN2O2. The van der Waals surface area contributed by atoms with E-state index in [1.807, 2.05) is 0 Å². The first-order valence-corrected chi connectivity index (χ1v) is 5.74. The van der Waals surface area contributed by atoms with Crippen LogP contribution in [0.5, 0.6) is 5.75 Å². The van der Waals surface area contributed by atoms with Gasteiger partial charge in [0.1, 0.15) is 0 Å². The average Bonchev–Trinajstić information content (AvgIpc) is 2.39. The normalized spacial score (nSPS) is 10.1. The second-order valence-electron chi connectivity index (χ2n) is 3.66. The summed E-state index contributed by atoms with van der Waals surface area (Å²) in [6, 6.07) is 5.63. The highest BCUT2D eigenvalue weighted by atomic mass is 35.5. The number of nitrogens with zero attached hydrogens (tertiary/aromatic N) is 1. The zero-order valence-corrected chi connectivity index (χ0v) is 10.7. The van der Waals surface area contributed by atoms with Crippen LogP contribution in [-0.4, -0.2) is 18.0 Å². The van der Waals surface area contributed by atoms with Gasteiger partial charge in [-0.05, 0) is 18.2 Å². The highest BCUT2D eigenvalue weighted by molar-refractivity contribution is 6.34. The molecule has 0 fully saturated rings. The Morgan fingerprint density at radius 2 is 2.21 bits per heavy atom. The third-order valence-corrected chi connectivity index (χ3v) is 2.75. The smallest absolute Gasteiger partial charge is 0.258 e. The lowest BCUT2D eigenvalue weighted by Crippen LogP contribution is -2.13. The van der Waals surface area contributed by atoms with E-state index < -0.39 is 11.7 Å². The summed E-state index contributed by atoms with van der Waals surface area (Å²) in [6.45, 7) is 0. The Balaban J connectivity index is 2.20. The summed E-state index contributed by atoms with van der Waals surface area (Å²) in [7, 11) is 1.37. The SMILES string of the molecule is COc1ccc(NC(=O)c2cnccc2Cl)cc1F. The third kappa shape index (κ3) is 3.00. The van der Waals surface area contributed by atoms with Crippen molar-refractivity contribution >= 4 is 23.2 Å². The first-order chi connectivity index (χ1) is 9.11. The van der Waals surface area contributed by atoms with Crippen LogP contribution in [0.25, 0.3) is 0 Å². The summed E-state index contributed by atoms with van der Waals surface area (Å²) in [5.41, 5.74) is 0.531. The van der Waals surface area contributed by atoms with E-state index in [4.69, 9.17) is 16.3 Å². The molecule has 0 bridgehead atoms. The zero-order chi connectivity index (χ0) is 13.8. The lowest BCUT2D eigenvalue weighted by atomic mass is 10.2. The number of pyridine rings is 1. The number of carbonyl (C=O) groups is 1. The molecule has 1 amide bonds. The number of hydrogen-bond donors (Lipinski definition) is 1. The van der Waals surface area contributed by atoms with Crippen molar-refractivity contribution in [2.45, 2.75) is 0 Å². The van der Waals surface area contributed by atoms with Crippen LogP contribution >= 0.6 is 11.6 Å². The summed E-state index contributed by atoms with van der Waals surface area (Å²) in [6.07, 6.45) is 2.82. The maximum absolute atomic E-state index is 13.5. The van der Waals surface area contributed by atoms with Gasteiger partial charge in [-0.25, -0.2) is 4.39 Å². The molecule has 19 heavy (non-hydrogen) atoms. The first kappa shape index (κ1) is 13.3. The van der Waals surface area contributed by atoms with Gasteiger partial charge in [0.05, 0.1) is 17.7 Å². The number of hydrogen-bond acceptors (Lipinski definition) is 3. The van der Waals surface area contributed by atoms with E-state index in [1.54, 1.807) is 0 Å². The number of nitrogens with one attached hydrogen (secondary N) is 1. The van der Waals surface area contributed by atoms with Gasteiger partial charge < -0.3 is 10.1 Å². The number of ether oxygens (including phenoxy) is 1. The summed E-state index contributed by atoms with van der Waals surface area (Å²) >= 11 is 5.87. The monoisotopic (exact) mass is 280 g/mol. The molecule has 0 spiro atoms. The minimum atomic E-state index is -0.558. The van der Waals surface area contributed by atoms with E-state index in [0.717, 1.165) is 0 Å². The van der Waals surface area contributed by atoms with E-state index >= 15 is 0 Å². The Morgan fingerprint density at radius 1 is 1.42 bits per heavy atom. The van der Waals surface area contributed by atoms with E-state index in [2.05, 4.69) is 10.3 Å². The summed E-state index contributed by atoms with van der Waals surface area (Å²) in [5.74, 6) is -0.905. The Bertz CT molecular complexity index is 619. The fourth-order valence-electron chi connectivity index (χ4n) is 1.49. The number of anilines is 1. The van der Waals surface area contributed by atoms with Crippen LogP contribution in [0.15, 0.2) is 36.7 Å². The molecule has 0 saturated carbocycles. The number of halogens is 2. The van der Waals surface area contributed by atoms with Crippen molar-refractivity contribution in [3.8, 4) is 5.75 Å². The van der Waals surface area contributed by atoms with Crippen molar-refractivity contribution in [1.29, 1.82) is 0 Å². The molecule has 0 unspecified atom stereocenters. The number of aromatic nitrogens is 1. The number of rotatable bonds is 3. The minimum Gasteiger partial charge on any atom is -0.494 e. The van der Waals surface area contributed by atoms with Crippen LogP contribution in [0, 0.1) is 5.82 Å². The highest BCUT2D eigenvalue weighted by Gasteiger charge is 2.11. The van der Waals surface area contributed by atoms with E-state index in [1.165, 1.54) is 43.8 Å². The van der Waals surface area contributed by atoms with Gasteiger partial charge in [-0.2, -0.15) is 0 Å². The molecule has 0 radical (unpaired) electrons. The van der Waals surface area contributed by atoms with Crippen LogP contribution < -0.4 is 10.1 Å². The van der Waals surface area contributed by atoms with Gasteiger partial charge in [-0.15, -0.1) is 0 Å². The van der Waals surface area contributed by atoms with Crippen LogP contribution in [0.4, 0.5) is 10.1 Å². The molecule has 0 aliphatic carbocycles. The fourth-order valence-corrected chi connectivity index (χ4v) is 1.68. The molecular weight excluding hydrogens is 271 g/mol. The maximum Gasteiger partial charge on any atom is 0.258 e. The first-order valence-electron chi connectivity index (χ1n) is 5.36. The molecule has 0 aliphatic rings. The largest absolute Gasteiger partial charge is 0.494 e. The lowest BCUT2D eigenvalue weighted by Gasteiger charge is -2.08. The highest BCUT2D eigenvalue weighted by Crippen LogP contribution is 2.22. The second-order valence-corrected chi connectivity index (χ2v) is 4.07. The third-order valence-electron chi connectivity index (χ3n) is 2.42. The Kier molecular flexibility index (Phi) is 3.97. The van der Waals surface area contributed by atoms with Crippen molar-refractivity contribution < 1.29 is 13.9 Å². The Hall–Kier alpha value is -2.14. The fraction of sp³-hybridized carbons (Fsp3) is 0.0769.